The Hall–Kier alpha value is -3.58. The van der Waals surface area contributed by atoms with Crippen LogP contribution in [0.15, 0.2) is 65.9 Å². The average molecular weight is 535 g/mol. The highest BCUT2D eigenvalue weighted by molar-refractivity contribution is 6.14. The minimum Gasteiger partial charge on any atom is -0.503 e. The Balaban J connectivity index is 2.00. The SMILES string of the molecule is CCOc1cc(C2C(C(=O)/C=C/c3ccccc3)=C(O)C(=O)N2CCN(CC)CC)ccc1OCCC(C)C. The molecule has 0 saturated carbocycles. The van der Waals surface area contributed by atoms with Crippen molar-refractivity contribution in [2.45, 2.75) is 47.1 Å². The second-order valence-electron chi connectivity index (χ2n) is 9.97. The van der Waals surface area contributed by atoms with Crippen LogP contribution in [0.25, 0.3) is 6.08 Å². The number of allylic oxidation sites excluding steroid dienone is 1. The monoisotopic (exact) mass is 534 g/mol. The molecule has 2 aromatic carbocycles. The van der Waals surface area contributed by atoms with Crippen molar-refractivity contribution in [1.29, 1.82) is 0 Å². The van der Waals surface area contributed by atoms with Crippen LogP contribution in [-0.4, -0.2) is 66.0 Å². The third-order valence-electron chi connectivity index (χ3n) is 6.88. The normalized spacial score (nSPS) is 15.7. The first kappa shape index (κ1) is 30.0. The summed E-state index contributed by atoms with van der Waals surface area (Å²) in [6, 6.07) is 14.2. The van der Waals surface area contributed by atoms with Crippen molar-refractivity contribution in [3.63, 3.8) is 0 Å². The van der Waals surface area contributed by atoms with E-state index in [1.54, 1.807) is 11.0 Å². The van der Waals surface area contributed by atoms with Gasteiger partial charge in [-0.2, -0.15) is 0 Å². The van der Waals surface area contributed by atoms with Gasteiger partial charge in [-0.25, -0.2) is 0 Å². The molecule has 7 nitrogen and oxygen atoms in total. The number of amides is 1. The van der Waals surface area contributed by atoms with Crippen LogP contribution in [0.1, 0.15) is 58.2 Å². The number of hydrogen-bond donors (Lipinski definition) is 1. The number of ether oxygens (including phenoxy) is 2. The molecule has 0 radical (unpaired) electrons. The quantitative estimate of drug-likeness (QED) is 0.290. The van der Waals surface area contributed by atoms with E-state index >= 15 is 0 Å². The maximum absolute atomic E-state index is 13.5. The van der Waals surface area contributed by atoms with Crippen molar-refractivity contribution in [1.82, 2.24) is 9.80 Å². The molecule has 0 fully saturated rings. The van der Waals surface area contributed by atoms with Crippen LogP contribution in [0, 0.1) is 5.92 Å². The van der Waals surface area contributed by atoms with Crippen LogP contribution in [0.4, 0.5) is 0 Å². The van der Waals surface area contributed by atoms with Gasteiger partial charge in [0, 0.05) is 13.1 Å². The third kappa shape index (κ3) is 7.73. The highest BCUT2D eigenvalue weighted by Crippen LogP contribution is 2.41. The Morgan fingerprint density at radius 2 is 1.77 bits per heavy atom. The fourth-order valence-corrected chi connectivity index (χ4v) is 4.58. The Labute approximate surface area is 232 Å². The van der Waals surface area contributed by atoms with E-state index < -0.39 is 23.5 Å². The van der Waals surface area contributed by atoms with Gasteiger partial charge in [0.2, 0.25) is 0 Å². The first-order chi connectivity index (χ1) is 18.8. The maximum atomic E-state index is 13.5. The Morgan fingerprint density at radius 1 is 1.05 bits per heavy atom. The molecule has 0 aliphatic carbocycles. The lowest BCUT2D eigenvalue weighted by Gasteiger charge is -2.29. The fraction of sp³-hybridized carbons (Fsp3) is 0.438. The van der Waals surface area contributed by atoms with Crippen molar-refractivity contribution >= 4 is 17.8 Å². The molecule has 1 heterocycles. The summed E-state index contributed by atoms with van der Waals surface area (Å²) < 4.78 is 11.9. The Morgan fingerprint density at radius 3 is 2.41 bits per heavy atom. The number of hydrogen-bond acceptors (Lipinski definition) is 6. The lowest BCUT2D eigenvalue weighted by Crippen LogP contribution is -2.38. The molecule has 2 aromatic rings. The van der Waals surface area contributed by atoms with E-state index in [1.807, 2.05) is 55.5 Å². The first-order valence-corrected chi connectivity index (χ1v) is 13.9. The predicted octanol–water partition coefficient (Wildman–Crippen LogP) is 5.83. The van der Waals surface area contributed by atoms with E-state index in [0.717, 1.165) is 25.1 Å². The van der Waals surface area contributed by atoms with Crippen LogP contribution in [0.5, 0.6) is 11.5 Å². The highest BCUT2D eigenvalue weighted by Gasteiger charge is 2.43. The van der Waals surface area contributed by atoms with Gasteiger partial charge in [0.25, 0.3) is 5.91 Å². The fourth-order valence-electron chi connectivity index (χ4n) is 4.58. The van der Waals surface area contributed by atoms with Gasteiger partial charge < -0.3 is 24.4 Å². The first-order valence-electron chi connectivity index (χ1n) is 13.9. The summed E-state index contributed by atoms with van der Waals surface area (Å²) in [4.78, 5) is 30.6. The van der Waals surface area contributed by atoms with Crippen molar-refractivity contribution in [3.8, 4) is 11.5 Å². The number of rotatable bonds is 15. The molecule has 0 saturated heterocycles. The lowest BCUT2D eigenvalue weighted by molar-refractivity contribution is -0.129. The van der Waals surface area contributed by atoms with Gasteiger partial charge in [-0.15, -0.1) is 0 Å². The zero-order valence-corrected chi connectivity index (χ0v) is 23.9. The summed E-state index contributed by atoms with van der Waals surface area (Å²) in [5.41, 5.74) is 1.61. The predicted molar refractivity (Wildman–Crippen MR) is 155 cm³/mol. The molecular weight excluding hydrogens is 492 g/mol. The van der Waals surface area contributed by atoms with E-state index in [9.17, 15) is 14.7 Å². The minimum atomic E-state index is -0.745. The average Bonchev–Trinajstić information content (AvgIpc) is 3.18. The Bertz CT molecular complexity index is 1170. The van der Waals surface area contributed by atoms with Crippen molar-refractivity contribution < 1.29 is 24.2 Å². The lowest BCUT2D eigenvalue weighted by atomic mass is 9.95. The van der Waals surface area contributed by atoms with E-state index in [0.29, 0.717) is 49.3 Å². The number of likely N-dealkylation sites (N-methyl/N-ethyl adjacent to an activating group) is 1. The van der Waals surface area contributed by atoms with Gasteiger partial charge in [0.05, 0.1) is 24.8 Å². The van der Waals surface area contributed by atoms with Gasteiger partial charge >= 0.3 is 0 Å². The molecule has 0 bridgehead atoms. The number of aliphatic hydroxyl groups excluding tert-OH is 1. The van der Waals surface area contributed by atoms with Gasteiger partial charge in [-0.3, -0.25) is 9.59 Å². The molecule has 3 rings (SSSR count). The van der Waals surface area contributed by atoms with Crippen LogP contribution in [0.2, 0.25) is 0 Å². The second kappa shape index (κ2) is 14.5. The topological polar surface area (TPSA) is 79.3 Å². The van der Waals surface area contributed by atoms with Gasteiger partial charge in [0.1, 0.15) is 0 Å². The summed E-state index contributed by atoms with van der Waals surface area (Å²) in [6.07, 6.45) is 4.02. The van der Waals surface area contributed by atoms with E-state index in [4.69, 9.17) is 9.47 Å². The molecule has 1 aliphatic heterocycles. The van der Waals surface area contributed by atoms with E-state index in [1.165, 1.54) is 6.08 Å². The highest BCUT2D eigenvalue weighted by atomic mass is 16.5. The van der Waals surface area contributed by atoms with Crippen LogP contribution < -0.4 is 9.47 Å². The molecule has 0 aromatic heterocycles. The van der Waals surface area contributed by atoms with Gasteiger partial charge in [-0.05, 0) is 61.7 Å². The summed E-state index contributed by atoms with van der Waals surface area (Å²) in [5.74, 6) is 0.221. The molecule has 1 amide bonds. The molecule has 1 aliphatic rings. The number of benzene rings is 2. The molecule has 0 spiro atoms. The van der Waals surface area contributed by atoms with Crippen molar-refractivity contribution in [2.24, 2.45) is 5.92 Å². The standard InChI is InChI=1S/C32H42N2O5/c1-6-33(7-2)19-20-34-30(25-15-17-27(28(22-25)38-8-3)39-21-18-23(4)5)29(31(36)32(34)37)26(35)16-14-24-12-10-9-11-13-24/h9-17,22-23,30,36H,6-8,18-21H2,1-5H3/b16-14+. The Kier molecular flexibility index (Phi) is 11.2. The van der Waals surface area contributed by atoms with Crippen molar-refractivity contribution in [2.75, 3.05) is 39.4 Å². The molecular formula is C32H42N2O5. The molecule has 39 heavy (non-hydrogen) atoms. The molecule has 210 valence electrons. The largest absolute Gasteiger partial charge is 0.503 e. The zero-order valence-electron chi connectivity index (χ0n) is 23.9. The zero-order chi connectivity index (χ0) is 28.4. The smallest absolute Gasteiger partial charge is 0.290 e. The summed E-state index contributed by atoms with van der Waals surface area (Å²) in [6.45, 7) is 14.0. The van der Waals surface area contributed by atoms with Crippen LogP contribution >= 0.6 is 0 Å². The van der Waals surface area contributed by atoms with Gasteiger partial charge in [0.15, 0.2) is 23.0 Å². The molecule has 1 unspecified atom stereocenters. The second-order valence-corrected chi connectivity index (χ2v) is 9.97. The molecule has 1 atom stereocenters. The van der Waals surface area contributed by atoms with Crippen molar-refractivity contribution in [3.05, 3.63) is 77.1 Å². The van der Waals surface area contributed by atoms with Crippen LogP contribution in [0.3, 0.4) is 0 Å². The summed E-state index contributed by atoms with van der Waals surface area (Å²) >= 11 is 0. The van der Waals surface area contributed by atoms with Crippen LogP contribution in [-0.2, 0) is 9.59 Å². The van der Waals surface area contributed by atoms with Gasteiger partial charge in [-0.1, -0.05) is 70.2 Å². The number of ketones is 1. The number of nitrogens with zero attached hydrogens (tertiary/aromatic N) is 2. The summed E-state index contributed by atoms with van der Waals surface area (Å²) in [5, 5.41) is 11.0. The minimum absolute atomic E-state index is 0.0719. The molecule has 1 N–H and O–H groups in total. The number of aliphatic hydroxyl groups is 1. The third-order valence-corrected chi connectivity index (χ3v) is 6.88. The summed E-state index contributed by atoms with van der Waals surface area (Å²) in [7, 11) is 0. The van der Waals surface area contributed by atoms with E-state index in [2.05, 4.69) is 32.6 Å². The molecule has 7 heteroatoms. The van der Waals surface area contributed by atoms with E-state index in [-0.39, 0.29) is 5.57 Å². The number of carbonyl (C=O) groups excluding carboxylic acids is 2. The maximum Gasteiger partial charge on any atom is 0.290 e. The number of carbonyl (C=O) groups is 2.